The molecule has 0 aliphatic carbocycles. The number of carbonyl (C=O) groups is 1. The van der Waals surface area contributed by atoms with Crippen LogP contribution in [0.15, 0.2) is 42.5 Å². The Morgan fingerprint density at radius 2 is 1.96 bits per heavy atom. The van der Waals surface area contributed by atoms with Crippen molar-refractivity contribution in [2.24, 2.45) is 0 Å². The number of benzene rings is 2. The lowest BCUT2D eigenvalue weighted by Crippen LogP contribution is -2.13. The normalized spacial score (nSPS) is 10.5. The van der Waals surface area contributed by atoms with Gasteiger partial charge in [-0.3, -0.25) is 25.3 Å². The second kappa shape index (κ2) is 6.70. The SMILES string of the molecule is Cc1ccc(-c2nc(NC(=O)c3ccc(Cl)c([N+](=O)[O-])c3)n[nH]2)cc1. The predicted molar refractivity (Wildman–Crippen MR) is 92.6 cm³/mol. The smallest absolute Gasteiger partial charge is 0.288 e. The van der Waals surface area contributed by atoms with Gasteiger partial charge in [0.25, 0.3) is 11.6 Å². The summed E-state index contributed by atoms with van der Waals surface area (Å²) in [5.74, 6) is -0.00946. The number of nitrogens with zero attached hydrogens (tertiary/aromatic N) is 3. The van der Waals surface area contributed by atoms with E-state index in [1.54, 1.807) is 0 Å². The Morgan fingerprint density at radius 3 is 2.64 bits per heavy atom. The lowest BCUT2D eigenvalue weighted by atomic mass is 10.1. The second-order valence-corrected chi connectivity index (χ2v) is 5.66. The highest BCUT2D eigenvalue weighted by Gasteiger charge is 2.17. The Kier molecular flexibility index (Phi) is 4.44. The van der Waals surface area contributed by atoms with Crippen LogP contribution in [0.5, 0.6) is 0 Å². The van der Waals surface area contributed by atoms with Crippen molar-refractivity contribution in [2.75, 3.05) is 5.32 Å². The topological polar surface area (TPSA) is 114 Å². The molecule has 2 N–H and O–H groups in total. The van der Waals surface area contributed by atoms with Crippen LogP contribution in [0.3, 0.4) is 0 Å². The molecule has 0 fully saturated rings. The van der Waals surface area contributed by atoms with Gasteiger partial charge in [0.2, 0.25) is 5.95 Å². The zero-order valence-corrected chi connectivity index (χ0v) is 13.7. The van der Waals surface area contributed by atoms with Crippen molar-refractivity contribution in [3.05, 3.63) is 68.7 Å². The van der Waals surface area contributed by atoms with Crippen LogP contribution in [0.2, 0.25) is 5.02 Å². The van der Waals surface area contributed by atoms with Crippen molar-refractivity contribution in [3.63, 3.8) is 0 Å². The van der Waals surface area contributed by atoms with E-state index < -0.39 is 10.8 Å². The van der Waals surface area contributed by atoms with Crippen molar-refractivity contribution in [3.8, 4) is 11.4 Å². The van der Waals surface area contributed by atoms with Gasteiger partial charge in [-0.1, -0.05) is 41.4 Å². The van der Waals surface area contributed by atoms with Gasteiger partial charge < -0.3 is 0 Å². The average molecular weight is 358 g/mol. The fraction of sp³-hybridized carbons (Fsp3) is 0.0625. The largest absolute Gasteiger partial charge is 0.289 e. The number of anilines is 1. The standard InChI is InChI=1S/C16H12ClN5O3/c1-9-2-4-10(5-3-9)14-18-16(21-20-14)19-15(23)11-6-7-12(17)13(8-11)22(24)25/h2-8H,1H3,(H2,18,19,20,21,23). The lowest BCUT2D eigenvalue weighted by molar-refractivity contribution is -0.384. The molecule has 0 spiro atoms. The van der Waals surface area contributed by atoms with Crippen LogP contribution < -0.4 is 5.32 Å². The number of hydrogen-bond donors (Lipinski definition) is 2. The maximum absolute atomic E-state index is 12.2. The highest BCUT2D eigenvalue weighted by atomic mass is 35.5. The number of carbonyl (C=O) groups excluding carboxylic acids is 1. The third-order valence-electron chi connectivity index (χ3n) is 3.44. The molecule has 1 amide bonds. The van der Waals surface area contributed by atoms with Crippen LogP contribution in [-0.4, -0.2) is 26.0 Å². The van der Waals surface area contributed by atoms with Gasteiger partial charge in [0.05, 0.1) is 4.92 Å². The Labute approximate surface area is 147 Å². The molecule has 0 bridgehead atoms. The number of halogens is 1. The first kappa shape index (κ1) is 16.6. The highest BCUT2D eigenvalue weighted by Crippen LogP contribution is 2.25. The Balaban J connectivity index is 1.79. The van der Waals surface area contributed by atoms with Crippen LogP contribution in [-0.2, 0) is 0 Å². The zero-order chi connectivity index (χ0) is 18.0. The fourth-order valence-electron chi connectivity index (χ4n) is 2.13. The van der Waals surface area contributed by atoms with E-state index in [4.69, 9.17) is 11.6 Å². The third-order valence-corrected chi connectivity index (χ3v) is 3.76. The quantitative estimate of drug-likeness (QED) is 0.547. The summed E-state index contributed by atoms with van der Waals surface area (Å²) in [6, 6.07) is 11.4. The summed E-state index contributed by atoms with van der Waals surface area (Å²) in [5.41, 5.74) is 1.67. The van der Waals surface area contributed by atoms with Crippen molar-refractivity contribution >= 4 is 29.1 Å². The molecule has 0 saturated heterocycles. The van der Waals surface area contributed by atoms with Gasteiger partial charge in [-0.15, -0.1) is 5.10 Å². The minimum Gasteiger partial charge on any atom is -0.289 e. The van der Waals surface area contributed by atoms with Gasteiger partial charge in [0, 0.05) is 17.2 Å². The molecule has 25 heavy (non-hydrogen) atoms. The van der Waals surface area contributed by atoms with E-state index >= 15 is 0 Å². The van der Waals surface area contributed by atoms with Gasteiger partial charge in [-0.2, -0.15) is 4.98 Å². The van der Waals surface area contributed by atoms with E-state index in [9.17, 15) is 14.9 Å². The third kappa shape index (κ3) is 3.64. The Hall–Kier alpha value is -3.26. The summed E-state index contributed by atoms with van der Waals surface area (Å²) in [5, 5.41) is 20.0. The molecule has 3 aromatic rings. The molecular formula is C16H12ClN5O3. The van der Waals surface area contributed by atoms with E-state index in [0.29, 0.717) is 5.82 Å². The molecular weight excluding hydrogens is 346 g/mol. The number of aromatic nitrogens is 3. The first-order valence-electron chi connectivity index (χ1n) is 7.19. The van der Waals surface area contributed by atoms with Crippen LogP contribution in [0, 0.1) is 17.0 Å². The monoisotopic (exact) mass is 357 g/mol. The Morgan fingerprint density at radius 1 is 1.24 bits per heavy atom. The van der Waals surface area contributed by atoms with Gasteiger partial charge in [0.15, 0.2) is 5.82 Å². The van der Waals surface area contributed by atoms with Crippen molar-refractivity contribution < 1.29 is 9.72 Å². The second-order valence-electron chi connectivity index (χ2n) is 5.25. The van der Waals surface area contributed by atoms with E-state index in [0.717, 1.165) is 17.2 Å². The summed E-state index contributed by atoms with van der Waals surface area (Å²) in [6.07, 6.45) is 0. The van der Waals surface area contributed by atoms with Crippen LogP contribution in [0.25, 0.3) is 11.4 Å². The molecule has 0 atom stereocenters. The van der Waals surface area contributed by atoms with Gasteiger partial charge in [-0.25, -0.2) is 0 Å². The van der Waals surface area contributed by atoms with Gasteiger partial charge >= 0.3 is 0 Å². The predicted octanol–water partition coefficient (Wildman–Crippen LogP) is 3.59. The van der Waals surface area contributed by atoms with Crippen molar-refractivity contribution in [2.45, 2.75) is 6.92 Å². The molecule has 9 heteroatoms. The molecule has 126 valence electrons. The number of nitro groups is 1. The molecule has 0 radical (unpaired) electrons. The maximum Gasteiger partial charge on any atom is 0.288 e. The fourth-order valence-corrected chi connectivity index (χ4v) is 2.31. The molecule has 0 aliphatic heterocycles. The molecule has 3 rings (SSSR count). The Bertz CT molecular complexity index is 953. The maximum atomic E-state index is 12.2. The number of nitro benzene ring substituents is 1. The molecule has 8 nitrogen and oxygen atoms in total. The number of amides is 1. The first-order chi connectivity index (χ1) is 11.9. The molecule has 0 unspecified atom stereocenters. The summed E-state index contributed by atoms with van der Waals surface area (Å²) < 4.78 is 0. The number of aryl methyl sites for hydroxylation is 1. The molecule has 0 aliphatic rings. The highest BCUT2D eigenvalue weighted by molar-refractivity contribution is 6.32. The minimum atomic E-state index is -0.651. The van der Waals surface area contributed by atoms with E-state index in [-0.39, 0.29) is 22.2 Å². The van der Waals surface area contributed by atoms with Crippen molar-refractivity contribution in [1.29, 1.82) is 0 Å². The molecule has 1 aromatic heterocycles. The number of hydrogen-bond acceptors (Lipinski definition) is 5. The van der Waals surface area contributed by atoms with Gasteiger partial charge in [-0.05, 0) is 19.1 Å². The summed E-state index contributed by atoms with van der Waals surface area (Å²) in [4.78, 5) is 26.7. The summed E-state index contributed by atoms with van der Waals surface area (Å²) in [7, 11) is 0. The van der Waals surface area contributed by atoms with Gasteiger partial charge in [0.1, 0.15) is 5.02 Å². The molecule has 2 aromatic carbocycles. The minimum absolute atomic E-state index is 0.0406. The zero-order valence-electron chi connectivity index (χ0n) is 13.0. The number of aromatic amines is 1. The van der Waals surface area contributed by atoms with Crippen LogP contribution >= 0.6 is 11.6 Å². The lowest BCUT2D eigenvalue weighted by Gasteiger charge is -2.02. The van der Waals surface area contributed by atoms with Crippen LogP contribution in [0.4, 0.5) is 11.6 Å². The number of rotatable bonds is 4. The average Bonchev–Trinajstić information content (AvgIpc) is 3.04. The van der Waals surface area contributed by atoms with E-state index in [1.165, 1.54) is 12.1 Å². The summed E-state index contributed by atoms with van der Waals surface area (Å²) >= 11 is 5.74. The van der Waals surface area contributed by atoms with Crippen molar-refractivity contribution in [1.82, 2.24) is 15.2 Å². The number of H-pyrrole nitrogens is 1. The molecule has 1 heterocycles. The van der Waals surface area contributed by atoms with Crippen LogP contribution in [0.1, 0.15) is 15.9 Å². The molecule has 0 saturated carbocycles. The van der Waals surface area contributed by atoms with E-state index in [2.05, 4.69) is 20.5 Å². The first-order valence-corrected chi connectivity index (χ1v) is 7.56. The summed E-state index contributed by atoms with van der Waals surface area (Å²) in [6.45, 7) is 1.97. The van der Waals surface area contributed by atoms with E-state index in [1.807, 2.05) is 31.2 Å². The number of nitrogens with one attached hydrogen (secondary N) is 2.